The molecule has 2 aliphatic rings. The Balaban J connectivity index is 0.000000202. The Kier molecular flexibility index (Phi) is 15.3. The zero-order chi connectivity index (χ0) is 36.7. The minimum Gasteiger partial charge on any atom is -0.495 e. The third-order valence-corrected chi connectivity index (χ3v) is 11.3. The summed E-state index contributed by atoms with van der Waals surface area (Å²) in [6.07, 6.45) is 11.9. The molecule has 6 rings (SSSR count). The molecule has 9 nitrogen and oxygen atoms in total. The van der Waals surface area contributed by atoms with Gasteiger partial charge < -0.3 is 34.2 Å². The standard InChI is InChI=1S/C23H28N2OS.C19H26O6/c1-3-4-15-5-7-16(8-6-15)19-13-14-20(26-2)22-21(19)25-23(27-22)17-9-11-18(24)12-10-17;1-22-10-11-23-12-13-24-17-6-8-18(9-7-17)25-19(21)16-4-2-15(14-20)3-5-16/h9-16H,3-8,24H2,1-2H3;6-9,14-16H,2-5,10-13H2,1H3. The normalized spacial score (nSPS) is 20.1. The van der Waals surface area contributed by atoms with Gasteiger partial charge in [-0.2, -0.15) is 0 Å². The first-order chi connectivity index (χ1) is 25.4. The number of thiazole rings is 1. The Morgan fingerprint density at radius 2 is 1.54 bits per heavy atom. The van der Waals surface area contributed by atoms with Crippen molar-refractivity contribution in [2.24, 2.45) is 17.8 Å². The second-order valence-corrected chi connectivity index (χ2v) is 14.8. The molecule has 0 atom stereocenters. The third-order valence-electron chi connectivity index (χ3n) is 10.2. The number of fused-ring (bicyclic) bond motifs is 1. The summed E-state index contributed by atoms with van der Waals surface area (Å²) < 4.78 is 28.0. The van der Waals surface area contributed by atoms with Crippen molar-refractivity contribution < 1.29 is 33.3 Å². The Hall–Kier alpha value is -3.99. The number of nitrogens with two attached hydrogens (primary N) is 1. The molecule has 0 radical (unpaired) electrons. The molecule has 0 aliphatic heterocycles. The second-order valence-electron chi connectivity index (χ2n) is 13.8. The maximum atomic E-state index is 12.2. The van der Waals surface area contributed by atoms with Crippen molar-refractivity contribution in [3.05, 3.63) is 66.2 Å². The number of aldehydes is 1. The first-order valence-electron chi connectivity index (χ1n) is 18.7. The van der Waals surface area contributed by atoms with E-state index in [1.807, 2.05) is 12.1 Å². The van der Waals surface area contributed by atoms with Crippen molar-refractivity contribution in [3.63, 3.8) is 0 Å². The van der Waals surface area contributed by atoms with E-state index in [1.54, 1.807) is 49.8 Å². The van der Waals surface area contributed by atoms with Crippen LogP contribution in [0.2, 0.25) is 0 Å². The van der Waals surface area contributed by atoms with Gasteiger partial charge in [-0.15, -0.1) is 11.3 Å². The van der Waals surface area contributed by atoms with Crippen LogP contribution in [0.25, 0.3) is 20.8 Å². The molecule has 2 N–H and O–H groups in total. The molecule has 10 heteroatoms. The molecule has 52 heavy (non-hydrogen) atoms. The molecule has 2 fully saturated rings. The van der Waals surface area contributed by atoms with Gasteiger partial charge in [0.05, 0.1) is 43.1 Å². The van der Waals surface area contributed by atoms with Crippen LogP contribution in [0.4, 0.5) is 5.69 Å². The van der Waals surface area contributed by atoms with E-state index in [-0.39, 0.29) is 17.8 Å². The smallest absolute Gasteiger partial charge is 0.314 e. The fourth-order valence-electron chi connectivity index (χ4n) is 7.17. The summed E-state index contributed by atoms with van der Waals surface area (Å²) in [5, 5.41) is 1.04. The number of anilines is 1. The number of methoxy groups -OCH3 is 2. The summed E-state index contributed by atoms with van der Waals surface area (Å²) >= 11 is 1.72. The number of nitrogens with zero attached hydrogens (tertiary/aromatic N) is 1. The molecule has 1 heterocycles. The van der Waals surface area contributed by atoms with E-state index < -0.39 is 0 Å². The molecule has 2 saturated carbocycles. The second kappa shape index (κ2) is 20.3. The number of carbonyl (C=O) groups is 2. The SMILES string of the molecule is CCCC1CCC(c2ccc(OC)c3sc(-c4ccc(N)cc4)nc23)CC1.COCCOCCOc1ccc(OC(=O)C2CCC(C=O)CC2)cc1. The quantitative estimate of drug-likeness (QED) is 0.0420. The van der Waals surface area contributed by atoms with Crippen molar-refractivity contribution in [2.75, 3.05) is 46.4 Å². The average Bonchev–Trinajstić information content (AvgIpc) is 3.63. The van der Waals surface area contributed by atoms with Gasteiger partial charge in [-0.1, -0.05) is 25.8 Å². The molecule has 0 saturated heterocycles. The van der Waals surface area contributed by atoms with Crippen molar-refractivity contribution in [2.45, 2.75) is 77.0 Å². The molecule has 0 spiro atoms. The fourth-order valence-corrected chi connectivity index (χ4v) is 8.27. The number of ether oxygens (including phenoxy) is 5. The van der Waals surface area contributed by atoms with Crippen molar-refractivity contribution in [3.8, 4) is 27.8 Å². The lowest BCUT2D eigenvalue weighted by atomic mass is 9.77. The number of esters is 1. The molecule has 3 aromatic carbocycles. The molecule has 0 unspecified atom stereocenters. The number of aromatic nitrogens is 1. The lowest BCUT2D eigenvalue weighted by Gasteiger charge is -2.28. The van der Waals surface area contributed by atoms with Gasteiger partial charge in [0.25, 0.3) is 0 Å². The molecule has 0 bridgehead atoms. The minimum atomic E-state index is -0.218. The summed E-state index contributed by atoms with van der Waals surface area (Å²) in [4.78, 5) is 28.0. The number of hydrogen-bond donors (Lipinski definition) is 1. The van der Waals surface area contributed by atoms with Gasteiger partial charge in [-0.25, -0.2) is 4.98 Å². The highest BCUT2D eigenvalue weighted by Crippen LogP contribution is 2.44. The van der Waals surface area contributed by atoms with E-state index in [4.69, 9.17) is 34.4 Å². The monoisotopic (exact) mass is 730 g/mol. The van der Waals surface area contributed by atoms with E-state index in [1.165, 1.54) is 44.1 Å². The van der Waals surface area contributed by atoms with E-state index >= 15 is 0 Å². The lowest BCUT2D eigenvalue weighted by Crippen LogP contribution is -2.26. The summed E-state index contributed by atoms with van der Waals surface area (Å²) in [6, 6.07) is 19.3. The zero-order valence-corrected chi connectivity index (χ0v) is 31.7. The Morgan fingerprint density at radius 3 is 2.19 bits per heavy atom. The van der Waals surface area contributed by atoms with Crippen LogP contribution in [0.3, 0.4) is 0 Å². The van der Waals surface area contributed by atoms with E-state index in [9.17, 15) is 9.59 Å². The Bertz CT molecular complexity index is 1680. The zero-order valence-electron chi connectivity index (χ0n) is 30.9. The van der Waals surface area contributed by atoms with Gasteiger partial charge in [0.1, 0.15) is 35.1 Å². The van der Waals surface area contributed by atoms with Gasteiger partial charge in [0, 0.05) is 24.3 Å². The summed E-state index contributed by atoms with van der Waals surface area (Å²) in [5.41, 5.74) is 10.3. The van der Waals surface area contributed by atoms with Crippen molar-refractivity contribution in [1.29, 1.82) is 0 Å². The molecule has 2 aliphatic carbocycles. The largest absolute Gasteiger partial charge is 0.495 e. The molecule has 280 valence electrons. The predicted molar refractivity (Wildman–Crippen MR) is 207 cm³/mol. The topological polar surface area (TPSA) is 119 Å². The van der Waals surface area contributed by atoms with Crippen LogP contribution < -0.4 is 19.9 Å². The number of hydrogen-bond acceptors (Lipinski definition) is 10. The number of nitrogen functional groups attached to an aromatic ring is 1. The maximum Gasteiger partial charge on any atom is 0.314 e. The van der Waals surface area contributed by atoms with Crippen LogP contribution in [-0.4, -0.2) is 57.9 Å². The van der Waals surface area contributed by atoms with Crippen molar-refractivity contribution in [1.82, 2.24) is 4.98 Å². The van der Waals surface area contributed by atoms with Crippen LogP contribution in [-0.2, 0) is 19.1 Å². The van der Waals surface area contributed by atoms with E-state index in [2.05, 4.69) is 31.2 Å². The summed E-state index contributed by atoms with van der Waals surface area (Å²) in [6.45, 7) is 4.35. The molecular weight excluding hydrogens is 677 g/mol. The first kappa shape index (κ1) is 39.2. The first-order valence-corrected chi connectivity index (χ1v) is 19.5. The molecular formula is C42H54N2O7S. The highest BCUT2D eigenvalue weighted by Gasteiger charge is 2.28. The Labute approximate surface area is 312 Å². The van der Waals surface area contributed by atoms with Gasteiger partial charge >= 0.3 is 5.97 Å². The summed E-state index contributed by atoms with van der Waals surface area (Å²) in [7, 11) is 3.37. The average molecular weight is 731 g/mol. The fraction of sp³-hybridized carbons (Fsp3) is 0.500. The van der Waals surface area contributed by atoms with Gasteiger partial charge in [-0.3, -0.25) is 4.79 Å². The summed E-state index contributed by atoms with van der Waals surface area (Å²) in [5.74, 6) is 3.42. The number of carbonyl (C=O) groups excluding carboxylic acids is 2. The van der Waals surface area contributed by atoms with Crippen LogP contribution in [0.15, 0.2) is 60.7 Å². The highest BCUT2D eigenvalue weighted by molar-refractivity contribution is 7.22. The number of rotatable bonds is 15. The Morgan fingerprint density at radius 1 is 0.846 bits per heavy atom. The predicted octanol–water partition coefficient (Wildman–Crippen LogP) is 9.27. The van der Waals surface area contributed by atoms with Gasteiger partial charge in [0.2, 0.25) is 0 Å². The van der Waals surface area contributed by atoms with Gasteiger partial charge in [0.15, 0.2) is 0 Å². The molecule has 4 aromatic rings. The van der Waals surface area contributed by atoms with Gasteiger partial charge in [-0.05, 0) is 123 Å². The van der Waals surface area contributed by atoms with Crippen LogP contribution in [0.1, 0.15) is 82.6 Å². The van der Waals surface area contributed by atoms with Crippen molar-refractivity contribution >= 4 is 39.5 Å². The third kappa shape index (κ3) is 11.0. The lowest BCUT2D eigenvalue weighted by molar-refractivity contribution is -0.140. The highest BCUT2D eigenvalue weighted by atomic mass is 32.1. The molecule has 1 aromatic heterocycles. The number of benzene rings is 3. The maximum absolute atomic E-state index is 12.2. The van der Waals surface area contributed by atoms with Crippen LogP contribution >= 0.6 is 11.3 Å². The van der Waals surface area contributed by atoms with Crippen LogP contribution in [0, 0.1) is 17.8 Å². The van der Waals surface area contributed by atoms with Crippen LogP contribution in [0.5, 0.6) is 17.2 Å². The minimum absolute atomic E-state index is 0.0963. The van der Waals surface area contributed by atoms with E-state index in [0.717, 1.165) is 57.3 Å². The van der Waals surface area contributed by atoms with E-state index in [0.29, 0.717) is 56.7 Å². The molecule has 0 amide bonds.